The van der Waals surface area contributed by atoms with Gasteiger partial charge >= 0.3 is 5.97 Å². The zero-order valence-electron chi connectivity index (χ0n) is 19.0. The van der Waals surface area contributed by atoms with Gasteiger partial charge in [0.05, 0.1) is 6.42 Å². The number of hydrogen-bond donors (Lipinski definition) is 0. The Balaban J connectivity index is 1.22. The first-order valence-electron chi connectivity index (χ1n) is 12.5. The number of hydrogen-bond acceptors (Lipinski definition) is 4. The molecule has 5 aliphatic rings. The SMILES string of the molecule is C[C@]12CC[C@@H](OC(=O)CCN3CCCC3)CC1=CC[C@@H]1[C@@H]2CC[C@]2(C)C(=O)CC[C@@H]12. The summed E-state index contributed by atoms with van der Waals surface area (Å²) >= 11 is 0. The van der Waals surface area contributed by atoms with E-state index >= 15 is 0 Å². The Kier molecular flexibility index (Phi) is 5.36. The number of carbonyl (C=O) groups is 2. The van der Waals surface area contributed by atoms with Crippen molar-refractivity contribution in [2.24, 2.45) is 28.6 Å². The largest absolute Gasteiger partial charge is 0.462 e. The smallest absolute Gasteiger partial charge is 0.307 e. The highest BCUT2D eigenvalue weighted by molar-refractivity contribution is 5.87. The summed E-state index contributed by atoms with van der Waals surface area (Å²) < 4.78 is 5.93. The molecule has 5 rings (SSSR count). The quantitative estimate of drug-likeness (QED) is 0.485. The average molecular weight is 414 g/mol. The van der Waals surface area contributed by atoms with Gasteiger partial charge in [0.1, 0.15) is 11.9 Å². The van der Waals surface area contributed by atoms with E-state index in [0.29, 0.717) is 30.0 Å². The summed E-state index contributed by atoms with van der Waals surface area (Å²) in [6, 6.07) is 0. The first kappa shape index (κ1) is 20.7. The second-order valence-corrected chi connectivity index (χ2v) is 11.3. The van der Waals surface area contributed by atoms with Gasteiger partial charge in [0.25, 0.3) is 0 Å². The molecule has 0 bridgehead atoms. The van der Waals surface area contributed by atoms with E-state index in [4.69, 9.17) is 4.74 Å². The molecule has 6 atom stereocenters. The van der Waals surface area contributed by atoms with Crippen molar-refractivity contribution in [1.82, 2.24) is 4.90 Å². The fraction of sp³-hybridized carbons (Fsp3) is 0.846. The Labute approximate surface area is 181 Å². The molecule has 0 spiro atoms. The van der Waals surface area contributed by atoms with Crippen LogP contribution in [0.2, 0.25) is 0 Å². The third-order valence-electron chi connectivity index (χ3n) is 9.90. The van der Waals surface area contributed by atoms with Crippen LogP contribution in [0, 0.1) is 28.6 Å². The molecule has 3 saturated carbocycles. The van der Waals surface area contributed by atoms with Gasteiger partial charge in [0.2, 0.25) is 0 Å². The highest BCUT2D eigenvalue weighted by Gasteiger charge is 2.58. The minimum absolute atomic E-state index is 0.0114. The van der Waals surface area contributed by atoms with Crippen molar-refractivity contribution in [2.75, 3.05) is 19.6 Å². The Bertz CT molecular complexity index is 739. The fourth-order valence-electron chi connectivity index (χ4n) is 8.00. The second-order valence-electron chi connectivity index (χ2n) is 11.3. The normalized spacial score (nSPS) is 43.5. The lowest BCUT2D eigenvalue weighted by Gasteiger charge is -2.56. The van der Waals surface area contributed by atoms with E-state index in [1.54, 1.807) is 5.57 Å². The predicted molar refractivity (Wildman–Crippen MR) is 117 cm³/mol. The van der Waals surface area contributed by atoms with Gasteiger partial charge in [-0.05, 0) is 87.6 Å². The van der Waals surface area contributed by atoms with Gasteiger partial charge in [-0.15, -0.1) is 0 Å². The van der Waals surface area contributed by atoms with Gasteiger partial charge in [-0.25, -0.2) is 0 Å². The van der Waals surface area contributed by atoms with E-state index in [1.165, 1.54) is 19.3 Å². The Morgan fingerprint density at radius 2 is 1.83 bits per heavy atom. The van der Waals surface area contributed by atoms with Crippen LogP contribution in [-0.2, 0) is 14.3 Å². The second kappa shape index (κ2) is 7.76. The summed E-state index contributed by atoms with van der Waals surface area (Å²) in [5.74, 6) is 2.47. The van der Waals surface area contributed by atoms with E-state index in [2.05, 4.69) is 24.8 Å². The van der Waals surface area contributed by atoms with Gasteiger partial charge in [0.15, 0.2) is 0 Å². The van der Waals surface area contributed by atoms with Crippen molar-refractivity contribution in [3.05, 3.63) is 11.6 Å². The summed E-state index contributed by atoms with van der Waals surface area (Å²) in [5, 5.41) is 0. The Morgan fingerprint density at radius 1 is 1.10 bits per heavy atom. The summed E-state index contributed by atoms with van der Waals surface area (Å²) in [6.45, 7) is 7.85. The van der Waals surface area contributed by atoms with Gasteiger partial charge in [-0.3, -0.25) is 9.59 Å². The number of esters is 1. The van der Waals surface area contributed by atoms with Gasteiger partial charge in [-0.1, -0.05) is 25.5 Å². The van der Waals surface area contributed by atoms with Crippen molar-refractivity contribution in [2.45, 2.75) is 90.6 Å². The first-order chi connectivity index (χ1) is 14.4. The molecule has 0 amide bonds. The molecule has 4 aliphatic carbocycles. The third-order valence-corrected chi connectivity index (χ3v) is 9.90. The molecule has 1 heterocycles. The van der Waals surface area contributed by atoms with Gasteiger partial charge in [-0.2, -0.15) is 0 Å². The Morgan fingerprint density at radius 3 is 2.63 bits per heavy atom. The number of nitrogens with zero attached hydrogens (tertiary/aromatic N) is 1. The number of carbonyl (C=O) groups excluding carboxylic acids is 2. The Hall–Kier alpha value is -1.16. The molecular formula is C26H39NO3. The summed E-state index contributed by atoms with van der Waals surface area (Å²) in [7, 11) is 0. The van der Waals surface area contributed by atoms with Crippen molar-refractivity contribution in [3.63, 3.8) is 0 Å². The molecular weight excluding hydrogens is 374 g/mol. The van der Waals surface area contributed by atoms with Crippen molar-refractivity contribution in [3.8, 4) is 0 Å². The maximum absolute atomic E-state index is 12.6. The number of ketones is 1. The number of likely N-dealkylation sites (tertiary alicyclic amines) is 1. The van der Waals surface area contributed by atoms with E-state index in [0.717, 1.165) is 64.6 Å². The molecule has 0 N–H and O–H groups in total. The molecule has 166 valence electrons. The topological polar surface area (TPSA) is 46.6 Å². The van der Waals surface area contributed by atoms with Crippen LogP contribution in [0.25, 0.3) is 0 Å². The van der Waals surface area contributed by atoms with E-state index in [1.807, 2.05) is 0 Å². The van der Waals surface area contributed by atoms with Crippen LogP contribution in [0.1, 0.15) is 84.5 Å². The highest BCUT2D eigenvalue weighted by Crippen LogP contribution is 2.64. The molecule has 0 aromatic carbocycles. The monoisotopic (exact) mass is 413 g/mol. The van der Waals surface area contributed by atoms with Gasteiger partial charge in [0, 0.05) is 24.8 Å². The molecule has 0 aromatic rings. The minimum Gasteiger partial charge on any atom is -0.462 e. The molecule has 1 saturated heterocycles. The molecule has 4 fully saturated rings. The van der Waals surface area contributed by atoms with Crippen LogP contribution < -0.4 is 0 Å². The van der Waals surface area contributed by atoms with E-state index in [-0.39, 0.29) is 22.9 Å². The predicted octanol–water partition coefficient (Wildman–Crippen LogP) is 4.92. The molecule has 4 nitrogen and oxygen atoms in total. The number of ether oxygens (including phenoxy) is 1. The van der Waals surface area contributed by atoms with E-state index in [9.17, 15) is 9.59 Å². The maximum atomic E-state index is 12.6. The first-order valence-corrected chi connectivity index (χ1v) is 12.5. The molecule has 0 aromatic heterocycles. The molecule has 0 unspecified atom stereocenters. The third kappa shape index (κ3) is 3.38. The summed E-state index contributed by atoms with van der Waals surface area (Å²) in [6.07, 6.45) is 14.0. The lowest BCUT2D eigenvalue weighted by Crippen LogP contribution is -2.50. The average Bonchev–Trinajstić information content (AvgIpc) is 3.35. The summed E-state index contributed by atoms with van der Waals surface area (Å²) in [4.78, 5) is 27.4. The lowest BCUT2D eigenvalue weighted by molar-refractivity contribution is -0.151. The van der Waals surface area contributed by atoms with Crippen molar-refractivity contribution < 1.29 is 14.3 Å². The van der Waals surface area contributed by atoms with Crippen LogP contribution in [0.5, 0.6) is 0 Å². The van der Waals surface area contributed by atoms with Crippen molar-refractivity contribution >= 4 is 11.8 Å². The van der Waals surface area contributed by atoms with Crippen molar-refractivity contribution in [1.29, 1.82) is 0 Å². The fourth-order valence-corrected chi connectivity index (χ4v) is 8.00. The maximum Gasteiger partial charge on any atom is 0.307 e. The number of fused-ring (bicyclic) bond motifs is 5. The lowest BCUT2D eigenvalue weighted by atomic mass is 9.48. The number of Topliss-reactive ketones (excluding diaryl/α,β-unsaturated/α-hetero) is 1. The van der Waals surface area contributed by atoms with Crippen LogP contribution in [0.3, 0.4) is 0 Å². The highest BCUT2D eigenvalue weighted by atomic mass is 16.5. The number of rotatable bonds is 4. The number of allylic oxidation sites excluding steroid dienone is 1. The molecule has 1 aliphatic heterocycles. The van der Waals surface area contributed by atoms with Crippen LogP contribution in [-0.4, -0.2) is 42.4 Å². The van der Waals surface area contributed by atoms with Crippen LogP contribution in [0.15, 0.2) is 11.6 Å². The minimum atomic E-state index is -0.0507. The van der Waals surface area contributed by atoms with Crippen LogP contribution >= 0.6 is 0 Å². The zero-order valence-corrected chi connectivity index (χ0v) is 19.0. The standard InChI is InChI=1S/C26H39NO3/c1-25-12-9-19(30-24(29)11-16-27-14-3-4-15-27)17-18(25)5-6-20-21-7-8-23(28)26(21,2)13-10-22(20)25/h5,19-22H,3-4,6-17H2,1-2H3/t19-,20+,21+,22+,25+,26+/m1/s1. The van der Waals surface area contributed by atoms with Gasteiger partial charge < -0.3 is 9.64 Å². The zero-order chi connectivity index (χ0) is 20.9. The van der Waals surface area contributed by atoms with Crippen LogP contribution in [0.4, 0.5) is 0 Å². The summed E-state index contributed by atoms with van der Waals surface area (Å²) in [5.41, 5.74) is 1.74. The molecule has 30 heavy (non-hydrogen) atoms. The molecule has 4 heteroatoms. The molecule has 0 radical (unpaired) electrons. The van der Waals surface area contributed by atoms with E-state index < -0.39 is 0 Å².